The fourth-order valence-electron chi connectivity index (χ4n) is 4.46. The van der Waals surface area contributed by atoms with E-state index >= 15 is 0 Å². The number of aliphatic hydroxyl groups is 1. The third-order valence-electron chi connectivity index (χ3n) is 6.65. The summed E-state index contributed by atoms with van der Waals surface area (Å²) in [5.41, 5.74) is -0.0843. The van der Waals surface area contributed by atoms with Crippen LogP contribution in [0.4, 0.5) is 0 Å². The largest absolute Gasteiger partial charge is 0.385 e. The van der Waals surface area contributed by atoms with Gasteiger partial charge in [0.2, 0.25) is 15.9 Å². The number of aromatic nitrogens is 1. The summed E-state index contributed by atoms with van der Waals surface area (Å²) in [7, 11) is -3.46. The van der Waals surface area contributed by atoms with E-state index < -0.39 is 15.6 Å². The number of nitrogens with zero attached hydrogens (tertiary/aromatic N) is 4. The summed E-state index contributed by atoms with van der Waals surface area (Å²) in [6, 6.07) is 12.1. The summed E-state index contributed by atoms with van der Waals surface area (Å²) < 4.78 is 32.6. The van der Waals surface area contributed by atoms with E-state index in [1.165, 1.54) is 4.31 Å². The van der Waals surface area contributed by atoms with E-state index in [2.05, 4.69) is 9.88 Å². The van der Waals surface area contributed by atoms with Gasteiger partial charge in [-0.3, -0.25) is 14.7 Å². The molecule has 0 spiro atoms. The van der Waals surface area contributed by atoms with Crippen LogP contribution in [0.1, 0.15) is 18.4 Å². The molecule has 0 bridgehead atoms. The molecule has 1 N–H and O–H groups in total. The first kappa shape index (κ1) is 24.7. The van der Waals surface area contributed by atoms with Crippen molar-refractivity contribution in [1.82, 2.24) is 19.1 Å². The predicted molar refractivity (Wildman–Crippen MR) is 126 cm³/mol. The Bertz CT molecular complexity index is 1040. The summed E-state index contributed by atoms with van der Waals surface area (Å²) in [6.45, 7) is 4.16. The van der Waals surface area contributed by atoms with Crippen molar-refractivity contribution >= 4 is 15.9 Å². The van der Waals surface area contributed by atoms with Gasteiger partial charge in [-0.2, -0.15) is 4.31 Å². The number of piperazine rings is 1. The number of hydrogen-bond donors (Lipinski definition) is 1. The van der Waals surface area contributed by atoms with Crippen molar-refractivity contribution in [2.45, 2.75) is 23.3 Å². The van der Waals surface area contributed by atoms with Gasteiger partial charge in [0, 0.05) is 58.2 Å². The van der Waals surface area contributed by atoms with E-state index in [1.54, 1.807) is 47.6 Å². The van der Waals surface area contributed by atoms with Gasteiger partial charge in [-0.25, -0.2) is 8.42 Å². The number of likely N-dealkylation sites (tertiary alicyclic amines) is 1. The summed E-state index contributed by atoms with van der Waals surface area (Å²) in [5, 5.41) is 10.9. The van der Waals surface area contributed by atoms with Crippen LogP contribution in [0, 0.1) is 0 Å². The van der Waals surface area contributed by atoms with E-state index in [9.17, 15) is 18.3 Å². The number of carbonyl (C=O) groups is 1. The highest BCUT2D eigenvalue weighted by atomic mass is 32.2. The van der Waals surface area contributed by atoms with Crippen LogP contribution in [0.3, 0.4) is 0 Å². The Hall–Kier alpha value is -2.37. The van der Waals surface area contributed by atoms with Gasteiger partial charge in [-0.05, 0) is 42.7 Å². The van der Waals surface area contributed by atoms with Crippen molar-refractivity contribution < 1.29 is 23.1 Å². The second-order valence-corrected chi connectivity index (χ2v) is 10.7. The lowest BCUT2D eigenvalue weighted by molar-refractivity contribution is -0.140. The third-order valence-corrected chi connectivity index (χ3v) is 8.56. The minimum absolute atomic E-state index is 0.00996. The molecule has 184 valence electrons. The van der Waals surface area contributed by atoms with Crippen LogP contribution in [0.15, 0.2) is 59.8 Å². The highest BCUT2D eigenvalue weighted by Gasteiger charge is 2.35. The van der Waals surface area contributed by atoms with Crippen LogP contribution < -0.4 is 0 Å². The molecule has 3 heterocycles. The Kier molecular flexibility index (Phi) is 7.95. The fourth-order valence-corrected chi connectivity index (χ4v) is 5.90. The first-order valence-corrected chi connectivity index (χ1v) is 13.1. The second-order valence-electron chi connectivity index (χ2n) is 8.76. The van der Waals surface area contributed by atoms with Crippen LogP contribution in [-0.4, -0.2) is 97.5 Å². The lowest BCUT2D eigenvalue weighted by Gasteiger charge is -2.38. The Morgan fingerprint density at radius 1 is 0.971 bits per heavy atom. The van der Waals surface area contributed by atoms with Gasteiger partial charge in [0.25, 0.3) is 0 Å². The second kappa shape index (κ2) is 10.9. The van der Waals surface area contributed by atoms with Crippen LogP contribution in [-0.2, 0) is 25.2 Å². The molecule has 1 aromatic heterocycles. The maximum atomic E-state index is 12.7. The number of ether oxygens (including phenoxy) is 1. The Morgan fingerprint density at radius 3 is 2.26 bits per heavy atom. The number of pyridine rings is 1. The minimum atomic E-state index is -3.46. The molecule has 1 aromatic carbocycles. The standard InChI is InChI=1S/C24H32N4O5S/c29-23(27-12-8-24(30,9-13-27)21-6-10-25-11-7-21)20-33-19-18-26-14-16-28(17-15-26)34(31,32)22-4-2-1-3-5-22/h1-7,10-11,30H,8-9,12-20H2. The number of sulfonamides is 1. The highest BCUT2D eigenvalue weighted by Crippen LogP contribution is 2.32. The number of benzene rings is 1. The van der Waals surface area contributed by atoms with Crippen molar-refractivity contribution in [2.75, 3.05) is 59.0 Å². The summed E-state index contributed by atoms with van der Waals surface area (Å²) in [6.07, 6.45) is 4.30. The quantitative estimate of drug-likeness (QED) is 0.551. The Morgan fingerprint density at radius 2 is 1.62 bits per heavy atom. The van der Waals surface area contributed by atoms with Gasteiger partial charge in [-0.1, -0.05) is 18.2 Å². The van der Waals surface area contributed by atoms with Crippen molar-refractivity contribution in [1.29, 1.82) is 0 Å². The molecule has 0 unspecified atom stereocenters. The van der Waals surface area contributed by atoms with Gasteiger partial charge >= 0.3 is 0 Å². The zero-order chi connectivity index (χ0) is 24.0. The molecule has 2 fully saturated rings. The average molecular weight is 489 g/mol. The van der Waals surface area contributed by atoms with E-state index in [0.29, 0.717) is 70.2 Å². The molecule has 2 saturated heterocycles. The molecular formula is C24H32N4O5S. The zero-order valence-electron chi connectivity index (χ0n) is 19.3. The van der Waals surface area contributed by atoms with E-state index in [4.69, 9.17) is 4.74 Å². The van der Waals surface area contributed by atoms with Crippen molar-refractivity contribution in [2.24, 2.45) is 0 Å². The number of rotatable bonds is 8. The van der Waals surface area contributed by atoms with Gasteiger partial charge in [0.15, 0.2) is 0 Å². The molecule has 0 radical (unpaired) electrons. The number of carbonyl (C=O) groups excluding carboxylic acids is 1. The molecule has 10 heteroatoms. The van der Waals surface area contributed by atoms with Crippen molar-refractivity contribution in [3.63, 3.8) is 0 Å². The molecule has 2 aliphatic heterocycles. The maximum Gasteiger partial charge on any atom is 0.248 e. The number of amides is 1. The molecule has 0 saturated carbocycles. The highest BCUT2D eigenvalue weighted by molar-refractivity contribution is 7.89. The molecular weight excluding hydrogens is 456 g/mol. The summed E-state index contributed by atoms with van der Waals surface area (Å²) >= 11 is 0. The maximum absolute atomic E-state index is 12.7. The first-order valence-electron chi connectivity index (χ1n) is 11.6. The molecule has 4 rings (SSSR count). The molecule has 9 nitrogen and oxygen atoms in total. The zero-order valence-corrected chi connectivity index (χ0v) is 20.1. The Balaban J connectivity index is 1.14. The van der Waals surface area contributed by atoms with Crippen LogP contribution in [0.2, 0.25) is 0 Å². The minimum Gasteiger partial charge on any atom is -0.385 e. The third kappa shape index (κ3) is 5.81. The van der Waals surface area contributed by atoms with Gasteiger partial charge in [0.05, 0.1) is 17.1 Å². The average Bonchev–Trinajstić information content (AvgIpc) is 2.88. The number of piperidine rings is 1. The first-order chi connectivity index (χ1) is 16.4. The molecule has 0 atom stereocenters. The number of hydrogen-bond acceptors (Lipinski definition) is 7. The SMILES string of the molecule is O=C(COCCN1CCN(S(=O)(=O)c2ccccc2)CC1)N1CCC(O)(c2ccncc2)CC1. The topological polar surface area (TPSA) is 103 Å². The summed E-state index contributed by atoms with van der Waals surface area (Å²) in [5.74, 6) is -0.0736. The van der Waals surface area contributed by atoms with E-state index in [0.717, 1.165) is 5.56 Å². The van der Waals surface area contributed by atoms with Gasteiger partial charge in [0.1, 0.15) is 6.61 Å². The van der Waals surface area contributed by atoms with E-state index in [-0.39, 0.29) is 12.5 Å². The fraction of sp³-hybridized carbons (Fsp3) is 0.500. The van der Waals surface area contributed by atoms with Crippen LogP contribution in [0.25, 0.3) is 0 Å². The predicted octanol–water partition coefficient (Wildman–Crippen LogP) is 0.915. The summed E-state index contributed by atoms with van der Waals surface area (Å²) in [4.78, 5) is 20.7. The van der Waals surface area contributed by atoms with E-state index in [1.807, 2.05) is 12.1 Å². The lowest BCUT2D eigenvalue weighted by atomic mass is 9.85. The van der Waals surface area contributed by atoms with Crippen LogP contribution >= 0.6 is 0 Å². The van der Waals surface area contributed by atoms with Gasteiger partial charge in [-0.15, -0.1) is 0 Å². The molecule has 0 aliphatic carbocycles. The van der Waals surface area contributed by atoms with Crippen molar-refractivity contribution in [3.8, 4) is 0 Å². The van der Waals surface area contributed by atoms with Gasteiger partial charge < -0.3 is 14.7 Å². The normalized spacial score (nSPS) is 19.7. The lowest BCUT2D eigenvalue weighted by Crippen LogP contribution is -2.49. The van der Waals surface area contributed by atoms with Crippen LogP contribution in [0.5, 0.6) is 0 Å². The smallest absolute Gasteiger partial charge is 0.248 e. The molecule has 1 amide bonds. The monoisotopic (exact) mass is 488 g/mol. The molecule has 2 aliphatic rings. The van der Waals surface area contributed by atoms with Crippen molar-refractivity contribution in [3.05, 3.63) is 60.4 Å². The molecule has 34 heavy (non-hydrogen) atoms. The molecule has 2 aromatic rings. The Labute approximate surface area is 201 Å².